The normalized spacial score (nSPS) is 13.2. The van der Waals surface area contributed by atoms with Crippen LogP contribution in [-0.2, 0) is 33.6 Å². The minimum absolute atomic E-state index is 0.0449. The molecule has 15 heteroatoms. The lowest BCUT2D eigenvalue weighted by Crippen LogP contribution is -2.42. The summed E-state index contributed by atoms with van der Waals surface area (Å²) < 4.78 is 0. The maximum atomic E-state index is 12.4. The molecule has 0 aliphatic rings. The van der Waals surface area contributed by atoms with Crippen molar-refractivity contribution in [1.82, 2.24) is 16.0 Å². The maximum Gasteiger partial charge on any atom is 0.326 e. The van der Waals surface area contributed by atoms with Gasteiger partial charge in [-0.2, -0.15) is 0 Å². The average Bonchev–Trinajstić information content (AvgIpc) is 3.17. The Morgan fingerprint density at radius 1 is 0.448 bits per heavy atom. The van der Waals surface area contributed by atoms with Gasteiger partial charge in [0.2, 0.25) is 17.7 Å². The van der Waals surface area contributed by atoms with Crippen LogP contribution in [0.1, 0.15) is 193 Å². The number of unbranched alkanes of at least 4 members (excludes halogenated alkanes) is 17. The molecular weight excluding hydrogens is 745 g/mol. The second-order valence-corrected chi connectivity index (χ2v) is 16.0. The zero-order valence-corrected chi connectivity index (χ0v) is 35.7. The van der Waals surface area contributed by atoms with Crippen molar-refractivity contribution in [3.05, 3.63) is 0 Å². The van der Waals surface area contributed by atoms with Crippen LogP contribution in [0.2, 0.25) is 0 Å². The zero-order valence-electron chi connectivity index (χ0n) is 35.7. The van der Waals surface area contributed by atoms with E-state index in [-0.39, 0.29) is 55.0 Å². The molecule has 11 N–H and O–H groups in total. The summed E-state index contributed by atoms with van der Waals surface area (Å²) in [6.07, 6.45) is 22.4. The summed E-state index contributed by atoms with van der Waals surface area (Å²) in [6, 6.07) is -2.85. The third kappa shape index (κ3) is 33.5. The van der Waals surface area contributed by atoms with Gasteiger partial charge in [-0.1, -0.05) is 89.9 Å². The first-order valence-electron chi connectivity index (χ1n) is 22.3. The number of carboxylic acid groups (broad SMARTS) is 2. The lowest BCUT2D eigenvalue weighted by molar-refractivity contribution is -0.142. The number of nitrogens with one attached hydrogen (secondary N) is 3. The van der Waals surface area contributed by atoms with Gasteiger partial charge < -0.3 is 43.4 Å². The molecule has 0 bridgehead atoms. The third-order valence-corrected chi connectivity index (χ3v) is 10.5. The van der Waals surface area contributed by atoms with Crippen molar-refractivity contribution < 1.29 is 43.8 Å². The molecule has 4 atom stereocenters. The van der Waals surface area contributed by atoms with Crippen LogP contribution in [0.5, 0.6) is 0 Å². The monoisotopic (exact) mass is 825 g/mol. The number of Topliss-reactive ketones (excluding diaryl/α,β-unsaturated/α-hetero) is 2. The molecule has 0 radical (unpaired) electrons. The number of rotatable bonds is 41. The summed E-state index contributed by atoms with van der Waals surface area (Å²) in [6.45, 7) is 2.37. The molecule has 0 saturated carbocycles. The van der Waals surface area contributed by atoms with Crippen LogP contribution >= 0.6 is 0 Å². The molecule has 0 aromatic rings. The van der Waals surface area contributed by atoms with Gasteiger partial charge in [-0.3, -0.25) is 28.8 Å². The average molecular weight is 825 g/mol. The van der Waals surface area contributed by atoms with E-state index in [9.17, 15) is 38.7 Å². The lowest BCUT2D eigenvalue weighted by Gasteiger charge is -2.14. The molecule has 0 fully saturated rings. The number of carboxylic acids is 2. The predicted octanol–water partition coefficient (Wildman–Crippen LogP) is 5.33. The van der Waals surface area contributed by atoms with E-state index in [0.717, 1.165) is 44.9 Å². The first kappa shape index (κ1) is 54.6. The molecule has 0 saturated heterocycles. The van der Waals surface area contributed by atoms with Gasteiger partial charge in [0, 0.05) is 38.8 Å². The zero-order chi connectivity index (χ0) is 43.4. The predicted molar refractivity (Wildman–Crippen MR) is 227 cm³/mol. The fourth-order valence-electron chi connectivity index (χ4n) is 6.63. The van der Waals surface area contributed by atoms with E-state index in [1.54, 1.807) is 0 Å². The van der Waals surface area contributed by atoms with E-state index < -0.39 is 36.1 Å². The molecule has 0 spiro atoms. The van der Waals surface area contributed by atoms with Gasteiger partial charge >= 0.3 is 11.9 Å². The smallest absolute Gasteiger partial charge is 0.326 e. The van der Waals surface area contributed by atoms with Crippen LogP contribution in [-0.4, -0.2) is 88.7 Å². The topological polar surface area (TPSA) is 274 Å². The molecule has 0 aliphatic carbocycles. The molecular formula is C43H80N6O9. The Kier molecular flexibility index (Phi) is 34.5. The van der Waals surface area contributed by atoms with Gasteiger partial charge in [0.1, 0.15) is 17.6 Å². The van der Waals surface area contributed by atoms with Gasteiger partial charge in [0.05, 0.1) is 18.1 Å². The van der Waals surface area contributed by atoms with Crippen LogP contribution < -0.4 is 33.2 Å². The molecule has 0 heterocycles. The Morgan fingerprint density at radius 3 is 1.26 bits per heavy atom. The summed E-state index contributed by atoms with van der Waals surface area (Å²) in [5.74, 6) is -2.74. The highest BCUT2D eigenvalue weighted by Crippen LogP contribution is 2.14. The highest BCUT2D eigenvalue weighted by molar-refractivity contribution is 5.85. The molecule has 15 nitrogen and oxygen atoms in total. The minimum atomic E-state index is -1.15. The molecule has 0 unspecified atom stereocenters. The number of carbonyl (C=O) groups is 7. The van der Waals surface area contributed by atoms with Crippen molar-refractivity contribution >= 4 is 41.2 Å². The summed E-state index contributed by atoms with van der Waals surface area (Å²) in [5.41, 5.74) is 17.7. The Labute approximate surface area is 347 Å². The fourth-order valence-corrected chi connectivity index (χ4v) is 6.63. The van der Waals surface area contributed by atoms with Crippen molar-refractivity contribution in [3.63, 3.8) is 0 Å². The second-order valence-electron chi connectivity index (χ2n) is 16.0. The van der Waals surface area contributed by atoms with Crippen molar-refractivity contribution in [3.8, 4) is 0 Å². The number of nitrogens with two attached hydrogens (primary N) is 3. The summed E-state index contributed by atoms with van der Waals surface area (Å²) in [4.78, 5) is 82.7. The highest BCUT2D eigenvalue weighted by atomic mass is 16.4. The number of ketones is 2. The number of aliphatic carboxylic acids is 2. The maximum absolute atomic E-state index is 12.4. The molecule has 0 rings (SSSR count). The minimum Gasteiger partial charge on any atom is -0.481 e. The first-order valence-corrected chi connectivity index (χ1v) is 22.3. The van der Waals surface area contributed by atoms with Crippen LogP contribution in [0, 0.1) is 0 Å². The highest BCUT2D eigenvalue weighted by Gasteiger charge is 2.21. The van der Waals surface area contributed by atoms with E-state index in [4.69, 9.17) is 22.3 Å². The second kappa shape index (κ2) is 36.6. The summed E-state index contributed by atoms with van der Waals surface area (Å²) in [7, 11) is 0. The Morgan fingerprint density at radius 2 is 0.828 bits per heavy atom. The van der Waals surface area contributed by atoms with E-state index in [2.05, 4.69) is 16.0 Å². The Bertz CT molecular complexity index is 1170. The van der Waals surface area contributed by atoms with E-state index in [1.807, 2.05) is 0 Å². The number of carbonyl (C=O) groups excluding carboxylic acids is 5. The van der Waals surface area contributed by atoms with Crippen LogP contribution in [0.4, 0.5) is 0 Å². The van der Waals surface area contributed by atoms with Crippen LogP contribution in [0.15, 0.2) is 0 Å². The molecule has 0 aromatic carbocycles. The van der Waals surface area contributed by atoms with Crippen molar-refractivity contribution in [2.45, 2.75) is 217 Å². The number of hydrogen-bond donors (Lipinski definition) is 8. The third-order valence-electron chi connectivity index (χ3n) is 10.5. The molecule has 0 aromatic heterocycles. The van der Waals surface area contributed by atoms with Gasteiger partial charge in [0.15, 0.2) is 0 Å². The van der Waals surface area contributed by atoms with Gasteiger partial charge in [0.25, 0.3) is 0 Å². The first-order chi connectivity index (χ1) is 27.7. The largest absolute Gasteiger partial charge is 0.481 e. The molecule has 58 heavy (non-hydrogen) atoms. The standard InChI is InChI=1S/C43H80N6O9/c1-33(50)35(44)24-19-21-31-47-42(56)37(46)26-20-22-32-48-41(55)36(45)25-16-14-15-23-34(51)29-30-38(43(57)58)49-39(52)27-17-12-10-8-6-4-2-3-5-7-9-11-13-18-28-40(53)54/h35-38H,2-32,44-46H2,1H3,(H,47,56)(H,48,55)(H,49,52)(H,53,54)(H,57,58)/t35-,36-,37-,38-/m0/s1. The summed E-state index contributed by atoms with van der Waals surface area (Å²) >= 11 is 0. The SMILES string of the molecule is CC(=O)[C@@H](N)CCCCNC(=O)[C@@H](N)CCCCNC(=O)[C@@H](N)CCCCCC(=O)CC[C@H](NC(=O)CCCCCCCCCCCCCCCCC(=O)O)C(=O)O. The number of amides is 3. The molecule has 3 amide bonds. The van der Waals surface area contributed by atoms with E-state index >= 15 is 0 Å². The quantitative estimate of drug-likeness (QED) is 0.0364. The fraction of sp³-hybridized carbons (Fsp3) is 0.837. The van der Waals surface area contributed by atoms with E-state index in [1.165, 1.54) is 51.9 Å². The van der Waals surface area contributed by atoms with Crippen molar-refractivity contribution in [2.75, 3.05) is 13.1 Å². The Balaban J connectivity index is 3.86. The van der Waals surface area contributed by atoms with E-state index in [0.29, 0.717) is 83.7 Å². The molecule has 0 aliphatic heterocycles. The van der Waals surface area contributed by atoms with Gasteiger partial charge in [-0.25, -0.2) is 4.79 Å². The summed E-state index contributed by atoms with van der Waals surface area (Å²) in [5, 5.41) is 26.4. The lowest BCUT2D eigenvalue weighted by atomic mass is 10.0. The number of hydrogen-bond acceptors (Lipinski definition) is 10. The van der Waals surface area contributed by atoms with Gasteiger partial charge in [-0.05, 0) is 77.6 Å². The van der Waals surface area contributed by atoms with Gasteiger partial charge in [-0.15, -0.1) is 0 Å². The Hall–Kier alpha value is -3.43. The van der Waals surface area contributed by atoms with Crippen molar-refractivity contribution in [2.24, 2.45) is 17.2 Å². The van der Waals surface area contributed by atoms with Crippen LogP contribution in [0.3, 0.4) is 0 Å². The van der Waals surface area contributed by atoms with Crippen molar-refractivity contribution in [1.29, 1.82) is 0 Å². The molecule has 336 valence electrons. The van der Waals surface area contributed by atoms with Crippen LogP contribution in [0.25, 0.3) is 0 Å².